The van der Waals surface area contributed by atoms with Crippen LogP contribution in [0.1, 0.15) is 19.3 Å². The summed E-state index contributed by atoms with van der Waals surface area (Å²) in [5.41, 5.74) is -0.289. The minimum absolute atomic E-state index is 0.158. The van der Waals surface area contributed by atoms with Crippen LogP contribution in [-0.2, 0) is 10.0 Å². The van der Waals surface area contributed by atoms with Gasteiger partial charge in [0.1, 0.15) is 0 Å². The first-order valence-corrected chi connectivity index (χ1v) is 8.02. The molecule has 0 saturated carbocycles. The number of benzene rings is 1. The number of hydrogen-bond acceptors (Lipinski definition) is 5. The van der Waals surface area contributed by atoms with Crippen LogP contribution < -0.4 is 10.0 Å². The number of nitrogens with zero attached hydrogens (tertiary/aromatic N) is 1. The van der Waals surface area contributed by atoms with Gasteiger partial charge in [-0.05, 0) is 18.9 Å². The van der Waals surface area contributed by atoms with E-state index < -0.39 is 21.0 Å². The normalized spacial score (nSPS) is 11.1. The number of hydrogen-bond donors (Lipinski definition) is 3. The summed E-state index contributed by atoms with van der Waals surface area (Å²) in [5.74, 6) is 0. The Balaban J connectivity index is 2.43. The van der Waals surface area contributed by atoms with E-state index in [-0.39, 0.29) is 17.1 Å². The third kappa shape index (κ3) is 6.06. The quantitative estimate of drug-likeness (QED) is 0.354. The molecule has 3 N–H and O–H groups in total. The molecule has 1 aromatic carbocycles. The summed E-state index contributed by atoms with van der Waals surface area (Å²) < 4.78 is 26.3. The monoisotopic (exact) mass is 331 g/mol. The Kier molecular flexibility index (Phi) is 6.73. The Morgan fingerprint density at radius 2 is 1.91 bits per heavy atom. The SMILES string of the molecule is O=C(O)NCCCCCNS(=O)(=O)c1cccc([N+](=O)[O-])c1. The second kappa shape index (κ2) is 8.29. The van der Waals surface area contributed by atoms with Gasteiger partial charge in [0.2, 0.25) is 10.0 Å². The van der Waals surface area contributed by atoms with Crippen LogP contribution in [-0.4, -0.2) is 37.6 Å². The van der Waals surface area contributed by atoms with Gasteiger partial charge in [-0.1, -0.05) is 12.5 Å². The molecule has 1 aromatic rings. The van der Waals surface area contributed by atoms with Crippen molar-refractivity contribution >= 4 is 21.8 Å². The second-order valence-corrected chi connectivity index (χ2v) is 6.21. The number of nitro groups is 1. The number of unbranched alkanes of at least 4 members (excludes halogenated alkanes) is 2. The largest absolute Gasteiger partial charge is 0.465 e. The van der Waals surface area contributed by atoms with Crippen LogP contribution in [0.3, 0.4) is 0 Å². The molecule has 122 valence electrons. The lowest BCUT2D eigenvalue weighted by molar-refractivity contribution is -0.385. The molecule has 0 spiro atoms. The molecule has 0 atom stereocenters. The first kappa shape index (κ1) is 17.9. The highest BCUT2D eigenvalue weighted by Gasteiger charge is 2.16. The molecule has 1 rings (SSSR count). The average Bonchev–Trinajstić information content (AvgIpc) is 2.46. The van der Waals surface area contributed by atoms with Gasteiger partial charge in [-0.3, -0.25) is 10.1 Å². The van der Waals surface area contributed by atoms with Crippen molar-refractivity contribution in [3.63, 3.8) is 0 Å². The molecule has 10 heteroatoms. The highest BCUT2D eigenvalue weighted by molar-refractivity contribution is 7.89. The predicted molar refractivity (Wildman–Crippen MR) is 78.2 cm³/mol. The van der Waals surface area contributed by atoms with Gasteiger partial charge >= 0.3 is 6.09 Å². The molecule has 0 bridgehead atoms. The summed E-state index contributed by atoms with van der Waals surface area (Å²) in [5, 5.41) is 21.2. The minimum Gasteiger partial charge on any atom is -0.465 e. The van der Waals surface area contributed by atoms with Crippen LogP contribution in [0.5, 0.6) is 0 Å². The number of nitro benzene ring substituents is 1. The Labute approximate surface area is 127 Å². The number of nitrogens with one attached hydrogen (secondary N) is 2. The number of non-ortho nitro benzene ring substituents is 1. The van der Waals surface area contributed by atoms with Crippen LogP contribution in [0.4, 0.5) is 10.5 Å². The molecule has 1 amide bonds. The van der Waals surface area contributed by atoms with E-state index in [2.05, 4.69) is 10.0 Å². The summed E-state index contributed by atoms with van der Waals surface area (Å²) in [6, 6.07) is 4.81. The lowest BCUT2D eigenvalue weighted by Gasteiger charge is -2.06. The van der Waals surface area contributed by atoms with Gasteiger partial charge in [-0.15, -0.1) is 0 Å². The molecule has 0 aromatic heterocycles. The number of rotatable bonds is 9. The van der Waals surface area contributed by atoms with Crippen LogP contribution >= 0.6 is 0 Å². The molecular weight excluding hydrogens is 314 g/mol. The average molecular weight is 331 g/mol. The molecule has 0 radical (unpaired) electrons. The van der Waals surface area contributed by atoms with Crippen molar-refractivity contribution in [3.05, 3.63) is 34.4 Å². The fourth-order valence-electron chi connectivity index (χ4n) is 1.68. The summed E-state index contributed by atoms with van der Waals surface area (Å²) in [6.45, 7) is 0.491. The van der Waals surface area contributed by atoms with Gasteiger partial charge in [-0.2, -0.15) is 0 Å². The Morgan fingerprint density at radius 1 is 1.23 bits per heavy atom. The van der Waals surface area contributed by atoms with E-state index in [0.717, 1.165) is 6.07 Å². The van der Waals surface area contributed by atoms with Gasteiger partial charge in [0.15, 0.2) is 0 Å². The van der Waals surface area contributed by atoms with Gasteiger partial charge < -0.3 is 10.4 Å². The third-order valence-corrected chi connectivity index (χ3v) is 4.22. The molecule has 0 aliphatic carbocycles. The molecule has 22 heavy (non-hydrogen) atoms. The summed E-state index contributed by atoms with van der Waals surface area (Å²) in [4.78, 5) is 20.0. The maximum absolute atomic E-state index is 12.0. The zero-order chi connectivity index (χ0) is 16.6. The van der Waals surface area contributed by atoms with Gasteiger partial charge in [0.25, 0.3) is 5.69 Å². The van der Waals surface area contributed by atoms with Crippen molar-refractivity contribution in [2.45, 2.75) is 24.2 Å². The third-order valence-electron chi connectivity index (χ3n) is 2.76. The first-order chi connectivity index (χ1) is 10.3. The Morgan fingerprint density at radius 3 is 2.55 bits per heavy atom. The Bertz CT molecular complexity index is 632. The van der Waals surface area contributed by atoms with E-state index in [9.17, 15) is 23.3 Å². The van der Waals surface area contributed by atoms with Crippen LogP contribution in [0, 0.1) is 10.1 Å². The predicted octanol–water partition coefficient (Wildman–Crippen LogP) is 1.31. The van der Waals surface area contributed by atoms with E-state index in [1.807, 2.05) is 0 Å². The topological polar surface area (TPSA) is 139 Å². The molecule has 0 heterocycles. The molecule has 0 fully saturated rings. The number of carbonyl (C=O) groups is 1. The van der Waals surface area contributed by atoms with Crippen LogP contribution in [0.15, 0.2) is 29.2 Å². The molecule has 0 saturated heterocycles. The number of carboxylic acid groups (broad SMARTS) is 1. The lowest BCUT2D eigenvalue weighted by atomic mass is 10.2. The van der Waals surface area contributed by atoms with Crippen molar-refractivity contribution in [1.29, 1.82) is 0 Å². The fourth-order valence-corrected chi connectivity index (χ4v) is 2.79. The van der Waals surface area contributed by atoms with Crippen molar-refractivity contribution in [1.82, 2.24) is 10.0 Å². The zero-order valence-corrected chi connectivity index (χ0v) is 12.5. The smallest absolute Gasteiger partial charge is 0.404 e. The van der Waals surface area contributed by atoms with E-state index in [4.69, 9.17) is 5.11 Å². The number of sulfonamides is 1. The lowest BCUT2D eigenvalue weighted by Crippen LogP contribution is -2.25. The maximum atomic E-state index is 12.0. The second-order valence-electron chi connectivity index (χ2n) is 4.44. The first-order valence-electron chi connectivity index (χ1n) is 6.54. The Hall–Kier alpha value is -2.20. The zero-order valence-electron chi connectivity index (χ0n) is 11.7. The van der Waals surface area contributed by atoms with Crippen molar-refractivity contribution in [3.8, 4) is 0 Å². The van der Waals surface area contributed by atoms with Gasteiger partial charge in [0, 0.05) is 25.2 Å². The standard InChI is InChI=1S/C12H17N3O6S/c16-12(17)13-7-2-1-3-8-14-22(20,21)11-6-4-5-10(9-11)15(18)19/h4-6,9,13-14H,1-3,7-8H2,(H,16,17). The van der Waals surface area contributed by atoms with Crippen LogP contribution in [0.25, 0.3) is 0 Å². The molecular formula is C12H17N3O6S. The van der Waals surface area contributed by atoms with Gasteiger partial charge in [0.05, 0.1) is 9.82 Å². The molecule has 0 unspecified atom stereocenters. The maximum Gasteiger partial charge on any atom is 0.404 e. The highest BCUT2D eigenvalue weighted by Crippen LogP contribution is 2.17. The van der Waals surface area contributed by atoms with Crippen molar-refractivity contribution in [2.75, 3.05) is 13.1 Å². The van der Waals surface area contributed by atoms with E-state index in [0.29, 0.717) is 25.8 Å². The summed E-state index contributed by atoms with van der Waals surface area (Å²) in [6.07, 6.45) is 0.698. The van der Waals surface area contributed by atoms with Gasteiger partial charge in [-0.25, -0.2) is 17.9 Å². The van der Waals surface area contributed by atoms with Crippen LogP contribution in [0.2, 0.25) is 0 Å². The van der Waals surface area contributed by atoms with Crippen molar-refractivity contribution < 1.29 is 23.2 Å². The van der Waals surface area contributed by atoms with E-state index >= 15 is 0 Å². The number of amides is 1. The summed E-state index contributed by atoms with van der Waals surface area (Å²) >= 11 is 0. The highest BCUT2D eigenvalue weighted by atomic mass is 32.2. The minimum atomic E-state index is -3.79. The summed E-state index contributed by atoms with van der Waals surface area (Å²) in [7, 11) is -3.79. The van der Waals surface area contributed by atoms with Crippen molar-refractivity contribution in [2.24, 2.45) is 0 Å². The fraction of sp³-hybridized carbons (Fsp3) is 0.417. The molecule has 9 nitrogen and oxygen atoms in total. The molecule has 0 aliphatic heterocycles. The van der Waals surface area contributed by atoms with E-state index in [1.54, 1.807) is 0 Å². The van der Waals surface area contributed by atoms with E-state index in [1.165, 1.54) is 18.2 Å². The molecule has 0 aliphatic rings.